The highest BCUT2D eigenvalue weighted by Crippen LogP contribution is 2.31. The van der Waals surface area contributed by atoms with Crippen LogP contribution in [0.3, 0.4) is 0 Å². The molecule has 0 unspecified atom stereocenters. The van der Waals surface area contributed by atoms with Crippen molar-refractivity contribution in [1.29, 1.82) is 0 Å². The second-order valence-corrected chi connectivity index (χ2v) is 5.36. The van der Waals surface area contributed by atoms with Gasteiger partial charge in [0.1, 0.15) is 31.1 Å². The van der Waals surface area contributed by atoms with Gasteiger partial charge in [-0.2, -0.15) is 9.78 Å². The molecule has 0 radical (unpaired) electrons. The smallest absolute Gasteiger partial charge is 0.201 e. The molecule has 0 spiro atoms. The normalized spacial score (nSPS) is 14.7. The van der Waals surface area contributed by atoms with Crippen LogP contribution in [0.15, 0.2) is 36.0 Å². The van der Waals surface area contributed by atoms with E-state index in [4.69, 9.17) is 9.57 Å². The van der Waals surface area contributed by atoms with Crippen LogP contribution in [0.1, 0.15) is 19.4 Å². The Morgan fingerprint density at radius 2 is 2.27 bits per heavy atom. The number of hydrogen-bond donors (Lipinski definition) is 0. The van der Waals surface area contributed by atoms with Gasteiger partial charge in [-0.15, -0.1) is 0 Å². The molecule has 0 saturated carbocycles. The predicted molar refractivity (Wildman–Crippen MR) is 83.4 cm³/mol. The number of likely N-dealkylation sites (N-methyl/N-ethyl adjacent to an activating group) is 1. The van der Waals surface area contributed by atoms with Crippen LogP contribution in [0.5, 0.6) is 5.75 Å². The zero-order valence-corrected chi connectivity index (χ0v) is 12.9. The van der Waals surface area contributed by atoms with Crippen LogP contribution >= 0.6 is 0 Å². The van der Waals surface area contributed by atoms with Gasteiger partial charge in [-0.1, -0.05) is 5.16 Å². The van der Waals surface area contributed by atoms with E-state index in [9.17, 15) is 0 Å². The highest BCUT2D eigenvalue weighted by atomic mass is 16.6. The molecule has 0 aliphatic carbocycles. The van der Waals surface area contributed by atoms with Crippen LogP contribution in [0.25, 0.3) is 0 Å². The van der Waals surface area contributed by atoms with Gasteiger partial charge in [0.05, 0.1) is 12.2 Å². The van der Waals surface area contributed by atoms with Gasteiger partial charge < -0.3 is 14.5 Å². The molecule has 1 aliphatic heterocycles. The number of benzene rings is 1. The van der Waals surface area contributed by atoms with Crippen LogP contribution < -0.4 is 9.64 Å². The molecular weight excluding hydrogens is 282 g/mol. The number of fused-ring (bicyclic) bond motifs is 1. The molecule has 0 amide bonds. The molecule has 7 heteroatoms. The van der Waals surface area contributed by atoms with Gasteiger partial charge in [-0.25, -0.2) is 4.98 Å². The first kappa shape index (κ1) is 14.4. The van der Waals surface area contributed by atoms with Crippen LogP contribution in [0.2, 0.25) is 0 Å². The lowest BCUT2D eigenvalue weighted by Crippen LogP contribution is -2.29. The summed E-state index contributed by atoms with van der Waals surface area (Å²) in [6.45, 7) is 5.41. The summed E-state index contributed by atoms with van der Waals surface area (Å²) in [5.74, 6) is 1.47. The molecule has 1 aliphatic rings. The maximum absolute atomic E-state index is 5.67. The summed E-state index contributed by atoms with van der Waals surface area (Å²) in [5.41, 5.74) is 1.92. The molecule has 0 bridgehead atoms. The molecule has 7 nitrogen and oxygen atoms in total. The van der Waals surface area contributed by atoms with Gasteiger partial charge in [0.25, 0.3) is 0 Å². The molecule has 0 fully saturated rings. The minimum atomic E-state index is -0.0119. The molecule has 1 aromatic heterocycles. The average molecular weight is 301 g/mol. The van der Waals surface area contributed by atoms with E-state index in [1.165, 1.54) is 6.33 Å². The van der Waals surface area contributed by atoms with Gasteiger partial charge in [0, 0.05) is 12.6 Å². The zero-order valence-electron chi connectivity index (χ0n) is 12.9. The van der Waals surface area contributed by atoms with E-state index in [0.29, 0.717) is 12.4 Å². The number of anilines is 1. The fraction of sp³-hybridized carbons (Fsp3) is 0.400. The Labute approximate surface area is 129 Å². The standard InChI is InChI=1S/C15H19N5O2/c1-11(2)22-18-15(20-10-16-9-17-20)12-4-5-14-13(8-12)19(3)6-7-21-14/h4-5,8-11H,6-7H2,1-3H3/b18-15-. The Balaban J connectivity index is 2.01. The first-order chi connectivity index (χ1) is 10.6. The summed E-state index contributed by atoms with van der Waals surface area (Å²) >= 11 is 0. The molecule has 2 aromatic rings. The second kappa shape index (κ2) is 6.05. The Kier molecular flexibility index (Phi) is 3.95. The number of aromatic nitrogens is 3. The maximum atomic E-state index is 5.67. The van der Waals surface area contributed by atoms with Gasteiger partial charge in [-0.3, -0.25) is 0 Å². The van der Waals surface area contributed by atoms with E-state index in [-0.39, 0.29) is 6.10 Å². The third kappa shape index (κ3) is 2.88. The van der Waals surface area contributed by atoms with Crippen molar-refractivity contribution >= 4 is 11.5 Å². The third-order valence-electron chi connectivity index (χ3n) is 3.30. The van der Waals surface area contributed by atoms with Crippen molar-refractivity contribution in [3.63, 3.8) is 0 Å². The molecule has 0 N–H and O–H groups in total. The van der Waals surface area contributed by atoms with Crippen LogP contribution in [0, 0.1) is 0 Å². The molecule has 116 valence electrons. The molecule has 0 saturated heterocycles. The monoisotopic (exact) mass is 301 g/mol. The Morgan fingerprint density at radius 3 is 3.00 bits per heavy atom. The summed E-state index contributed by atoms with van der Waals surface area (Å²) < 4.78 is 7.26. The minimum absolute atomic E-state index is 0.0119. The van der Waals surface area contributed by atoms with Crippen molar-refractivity contribution in [3.8, 4) is 5.75 Å². The number of nitrogens with zero attached hydrogens (tertiary/aromatic N) is 5. The average Bonchev–Trinajstić information content (AvgIpc) is 3.02. The predicted octanol–water partition coefficient (Wildman–Crippen LogP) is 1.74. The lowest BCUT2D eigenvalue weighted by molar-refractivity contribution is 0.0851. The summed E-state index contributed by atoms with van der Waals surface area (Å²) in [5, 5.41) is 8.38. The Bertz CT molecular complexity index is 667. The summed E-state index contributed by atoms with van der Waals surface area (Å²) in [7, 11) is 2.04. The van der Waals surface area contributed by atoms with Crippen LogP contribution in [-0.4, -0.2) is 46.9 Å². The first-order valence-electron chi connectivity index (χ1n) is 7.22. The SMILES string of the molecule is CC(C)O/N=C(/c1ccc2c(c1)N(C)CCO2)n1cncn1. The van der Waals surface area contributed by atoms with Crippen molar-refractivity contribution in [2.75, 3.05) is 25.1 Å². The van der Waals surface area contributed by atoms with Gasteiger partial charge in [0.15, 0.2) is 0 Å². The van der Waals surface area contributed by atoms with E-state index in [1.807, 2.05) is 39.1 Å². The molecule has 1 aromatic carbocycles. The topological polar surface area (TPSA) is 64.8 Å². The molecule has 2 heterocycles. The second-order valence-electron chi connectivity index (χ2n) is 5.36. The van der Waals surface area contributed by atoms with Crippen LogP contribution in [-0.2, 0) is 4.84 Å². The van der Waals surface area contributed by atoms with E-state index in [1.54, 1.807) is 11.0 Å². The number of ether oxygens (including phenoxy) is 1. The number of hydrogen-bond acceptors (Lipinski definition) is 6. The van der Waals surface area contributed by atoms with E-state index in [2.05, 4.69) is 20.1 Å². The van der Waals surface area contributed by atoms with E-state index in [0.717, 1.165) is 23.5 Å². The Hall–Kier alpha value is -2.57. The van der Waals surface area contributed by atoms with E-state index < -0.39 is 0 Å². The lowest BCUT2D eigenvalue weighted by Gasteiger charge is -2.28. The van der Waals surface area contributed by atoms with Crippen molar-refractivity contribution in [2.45, 2.75) is 20.0 Å². The number of rotatable bonds is 3. The largest absolute Gasteiger partial charge is 0.490 e. The van der Waals surface area contributed by atoms with Crippen molar-refractivity contribution < 1.29 is 9.57 Å². The van der Waals surface area contributed by atoms with Crippen LogP contribution in [0.4, 0.5) is 5.69 Å². The summed E-state index contributed by atoms with van der Waals surface area (Å²) in [6.07, 6.45) is 3.06. The Morgan fingerprint density at radius 1 is 1.41 bits per heavy atom. The van der Waals surface area contributed by atoms with Crippen molar-refractivity contribution in [2.24, 2.45) is 5.16 Å². The first-order valence-corrected chi connectivity index (χ1v) is 7.22. The molecule has 3 rings (SSSR count). The highest BCUT2D eigenvalue weighted by molar-refractivity contribution is 6.00. The quantitative estimate of drug-likeness (QED) is 0.491. The van der Waals surface area contributed by atoms with Gasteiger partial charge in [0.2, 0.25) is 5.84 Å². The third-order valence-corrected chi connectivity index (χ3v) is 3.30. The molecular formula is C15H19N5O2. The fourth-order valence-electron chi connectivity index (χ4n) is 2.19. The zero-order chi connectivity index (χ0) is 15.5. The van der Waals surface area contributed by atoms with Crippen molar-refractivity contribution in [1.82, 2.24) is 14.8 Å². The van der Waals surface area contributed by atoms with Gasteiger partial charge in [-0.05, 0) is 32.0 Å². The maximum Gasteiger partial charge on any atom is 0.201 e. The van der Waals surface area contributed by atoms with E-state index >= 15 is 0 Å². The van der Waals surface area contributed by atoms with Crippen molar-refractivity contribution in [3.05, 3.63) is 36.4 Å². The number of oxime groups is 1. The summed E-state index contributed by atoms with van der Waals surface area (Å²) in [6, 6.07) is 5.92. The minimum Gasteiger partial charge on any atom is -0.490 e. The molecule has 22 heavy (non-hydrogen) atoms. The highest BCUT2D eigenvalue weighted by Gasteiger charge is 2.18. The van der Waals surface area contributed by atoms with Gasteiger partial charge >= 0.3 is 0 Å². The summed E-state index contributed by atoms with van der Waals surface area (Å²) in [4.78, 5) is 11.5. The molecule has 0 atom stereocenters. The fourth-order valence-corrected chi connectivity index (χ4v) is 2.19. The lowest BCUT2D eigenvalue weighted by atomic mass is 10.1.